The van der Waals surface area contributed by atoms with E-state index in [1.807, 2.05) is 35.2 Å². The molecule has 0 unspecified atom stereocenters. The van der Waals surface area contributed by atoms with Crippen molar-refractivity contribution in [3.8, 4) is 11.4 Å². The van der Waals surface area contributed by atoms with Gasteiger partial charge in [-0.3, -0.25) is 4.79 Å². The smallest absolute Gasteiger partial charge is 0.272 e. The molecule has 2 heterocycles. The molecule has 1 amide bonds. The number of nitrogens with zero attached hydrogens (tertiary/aromatic N) is 3. The summed E-state index contributed by atoms with van der Waals surface area (Å²) in [5, 5.41) is 3.15. The monoisotopic (exact) mass is 308 g/mol. The van der Waals surface area contributed by atoms with Crippen molar-refractivity contribution in [2.75, 3.05) is 25.0 Å². The van der Waals surface area contributed by atoms with E-state index in [1.54, 1.807) is 12.1 Å². The number of hydrogen-bond acceptors (Lipinski definition) is 4. The van der Waals surface area contributed by atoms with Gasteiger partial charge in [0.25, 0.3) is 5.91 Å². The number of likely N-dealkylation sites (tertiary alicyclic amines) is 1. The fourth-order valence-corrected chi connectivity index (χ4v) is 2.62. The summed E-state index contributed by atoms with van der Waals surface area (Å²) in [4.78, 5) is 23.5. The first-order chi connectivity index (χ1) is 11.3. The van der Waals surface area contributed by atoms with Gasteiger partial charge in [-0.25, -0.2) is 9.97 Å². The molecule has 1 fully saturated rings. The quantitative estimate of drug-likeness (QED) is 0.863. The van der Waals surface area contributed by atoms with E-state index in [-0.39, 0.29) is 5.91 Å². The van der Waals surface area contributed by atoms with E-state index in [9.17, 15) is 4.79 Å². The number of hydrogen-bond donors (Lipinski definition) is 1. The van der Waals surface area contributed by atoms with Gasteiger partial charge in [-0.15, -0.1) is 6.58 Å². The molecule has 0 radical (unpaired) electrons. The van der Waals surface area contributed by atoms with Crippen molar-refractivity contribution < 1.29 is 4.79 Å². The van der Waals surface area contributed by atoms with Crippen molar-refractivity contribution in [2.24, 2.45) is 0 Å². The van der Waals surface area contributed by atoms with Crippen LogP contribution in [0.4, 0.5) is 5.82 Å². The first-order valence-corrected chi connectivity index (χ1v) is 7.86. The highest BCUT2D eigenvalue weighted by Crippen LogP contribution is 2.20. The maximum atomic E-state index is 12.6. The number of anilines is 1. The molecular formula is C18H20N4O. The molecule has 0 atom stereocenters. The van der Waals surface area contributed by atoms with Crippen molar-refractivity contribution >= 4 is 11.7 Å². The number of amides is 1. The zero-order valence-electron chi connectivity index (χ0n) is 13.0. The Balaban J connectivity index is 1.97. The lowest BCUT2D eigenvalue weighted by Crippen LogP contribution is -2.28. The third-order valence-electron chi connectivity index (χ3n) is 3.80. The Morgan fingerprint density at radius 1 is 1.22 bits per heavy atom. The van der Waals surface area contributed by atoms with E-state index in [1.165, 1.54) is 0 Å². The van der Waals surface area contributed by atoms with Crippen molar-refractivity contribution in [1.29, 1.82) is 0 Å². The summed E-state index contributed by atoms with van der Waals surface area (Å²) in [6.45, 7) is 5.89. The predicted molar refractivity (Wildman–Crippen MR) is 91.3 cm³/mol. The lowest BCUT2D eigenvalue weighted by atomic mass is 10.2. The van der Waals surface area contributed by atoms with Crippen LogP contribution in [0.25, 0.3) is 11.4 Å². The predicted octanol–water partition coefficient (Wildman–Crippen LogP) is 2.98. The van der Waals surface area contributed by atoms with Crippen LogP contribution in [0, 0.1) is 0 Å². The van der Waals surface area contributed by atoms with Crippen LogP contribution in [0.1, 0.15) is 23.3 Å². The van der Waals surface area contributed by atoms with E-state index >= 15 is 0 Å². The maximum absolute atomic E-state index is 12.6. The zero-order valence-corrected chi connectivity index (χ0v) is 13.0. The Bertz CT molecular complexity index is 693. The number of nitrogens with one attached hydrogen (secondary N) is 1. The average molecular weight is 308 g/mol. The molecule has 118 valence electrons. The molecule has 0 bridgehead atoms. The van der Waals surface area contributed by atoms with Crippen molar-refractivity contribution in [2.45, 2.75) is 12.8 Å². The van der Waals surface area contributed by atoms with Gasteiger partial charge in [0.05, 0.1) is 0 Å². The highest BCUT2D eigenvalue weighted by molar-refractivity contribution is 5.93. The summed E-state index contributed by atoms with van der Waals surface area (Å²) in [6.07, 6.45) is 3.88. The van der Waals surface area contributed by atoms with Crippen LogP contribution in [-0.2, 0) is 0 Å². The molecule has 5 heteroatoms. The second-order valence-electron chi connectivity index (χ2n) is 5.50. The molecule has 23 heavy (non-hydrogen) atoms. The van der Waals surface area contributed by atoms with E-state index in [0.717, 1.165) is 31.5 Å². The highest BCUT2D eigenvalue weighted by Gasteiger charge is 2.22. The summed E-state index contributed by atoms with van der Waals surface area (Å²) < 4.78 is 0. The molecular weight excluding hydrogens is 288 g/mol. The van der Waals surface area contributed by atoms with Crippen LogP contribution in [-0.4, -0.2) is 40.4 Å². The largest absolute Gasteiger partial charge is 0.366 e. The van der Waals surface area contributed by atoms with Crippen molar-refractivity contribution in [3.05, 3.63) is 54.7 Å². The Kier molecular flexibility index (Phi) is 4.66. The van der Waals surface area contributed by atoms with Crippen LogP contribution < -0.4 is 5.32 Å². The molecule has 1 aliphatic heterocycles. The molecule has 1 N–H and O–H groups in total. The summed E-state index contributed by atoms with van der Waals surface area (Å²) in [5.74, 6) is 1.17. The molecule has 3 rings (SSSR count). The molecule has 1 saturated heterocycles. The molecule has 0 spiro atoms. The van der Waals surface area contributed by atoms with Gasteiger partial charge in [-0.1, -0.05) is 36.4 Å². The van der Waals surface area contributed by atoms with Crippen molar-refractivity contribution in [1.82, 2.24) is 14.9 Å². The first kappa shape index (κ1) is 15.2. The zero-order chi connectivity index (χ0) is 16.1. The van der Waals surface area contributed by atoms with E-state index in [4.69, 9.17) is 0 Å². The molecule has 2 aromatic rings. The Morgan fingerprint density at radius 3 is 2.65 bits per heavy atom. The standard InChI is InChI=1S/C18H20N4O/c1-2-10-19-16-13-15(18(23)22-11-6-7-12-22)20-17(21-16)14-8-4-3-5-9-14/h2-5,8-9,13H,1,6-7,10-12H2,(H,19,20,21). The summed E-state index contributed by atoms with van der Waals surface area (Å²) in [7, 11) is 0. The Labute approximate surface area is 136 Å². The van der Waals surface area contributed by atoms with Gasteiger partial charge in [-0.2, -0.15) is 0 Å². The average Bonchev–Trinajstić information content (AvgIpc) is 3.14. The maximum Gasteiger partial charge on any atom is 0.272 e. The molecule has 0 saturated carbocycles. The first-order valence-electron chi connectivity index (χ1n) is 7.86. The van der Waals surface area contributed by atoms with Crippen LogP contribution in [0.15, 0.2) is 49.1 Å². The van der Waals surface area contributed by atoms with Gasteiger partial charge < -0.3 is 10.2 Å². The van der Waals surface area contributed by atoms with Crippen molar-refractivity contribution in [3.63, 3.8) is 0 Å². The fraction of sp³-hybridized carbons (Fsp3) is 0.278. The number of rotatable bonds is 5. The molecule has 1 aromatic heterocycles. The SMILES string of the molecule is C=CCNc1cc(C(=O)N2CCCC2)nc(-c2ccccc2)n1. The Morgan fingerprint density at radius 2 is 1.96 bits per heavy atom. The molecule has 5 nitrogen and oxygen atoms in total. The number of carbonyl (C=O) groups excluding carboxylic acids is 1. The van der Waals surface area contributed by atoms with Gasteiger partial charge in [0.2, 0.25) is 0 Å². The minimum absolute atomic E-state index is 0.0243. The lowest BCUT2D eigenvalue weighted by molar-refractivity contribution is 0.0787. The molecule has 0 aliphatic carbocycles. The van der Waals surface area contributed by atoms with E-state index in [0.29, 0.717) is 23.9 Å². The third-order valence-corrected chi connectivity index (χ3v) is 3.80. The van der Waals surface area contributed by atoms with Crippen LogP contribution in [0.3, 0.4) is 0 Å². The summed E-state index contributed by atoms with van der Waals surface area (Å²) in [6, 6.07) is 11.4. The molecule has 1 aromatic carbocycles. The van der Waals surface area contributed by atoms with Gasteiger partial charge in [-0.05, 0) is 12.8 Å². The number of aromatic nitrogens is 2. The van der Waals surface area contributed by atoms with Crippen LogP contribution in [0.5, 0.6) is 0 Å². The topological polar surface area (TPSA) is 58.1 Å². The summed E-state index contributed by atoms with van der Waals surface area (Å²) in [5.41, 5.74) is 1.33. The van der Waals surface area contributed by atoms with Gasteiger partial charge in [0, 0.05) is 31.3 Å². The van der Waals surface area contributed by atoms with Gasteiger partial charge in [0.15, 0.2) is 5.82 Å². The minimum Gasteiger partial charge on any atom is -0.366 e. The second-order valence-corrected chi connectivity index (χ2v) is 5.50. The van der Waals surface area contributed by atoms with Crippen LogP contribution in [0.2, 0.25) is 0 Å². The fourth-order valence-electron chi connectivity index (χ4n) is 2.62. The Hall–Kier alpha value is -2.69. The lowest BCUT2D eigenvalue weighted by Gasteiger charge is -2.16. The second kappa shape index (κ2) is 7.05. The normalized spacial score (nSPS) is 13.8. The van der Waals surface area contributed by atoms with E-state index in [2.05, 4.69) is 21.9 Å². The highest BCUT2D eigenvalue weighted by atomic mass is 16.2. The van der Waals surface area contributed by atoms with Gasteiger partial charge >= 0.3 is 0 Å². The van der Waals surface area contributed by atoms with Crippen LogP contribution >= 0.6 is 0 Å². The third kappa shape index (κ3) is 3.56. The number of benzene rings is 1. The number of carbonyl (C=O) groups is 1. The minimum atomic E-state index is -0.0243. The molecule has 1 aliphatic rings. The van der Waals surface area contributed by atoms with Gasteiger partial charge in [0.1, 0.15) is 11.5 Å². The summed E-state index contributed by atoms with van der Waals surface area (Å²) >= 11 is 0. The van der Waals surface area contributed by atoms with E-state index < -0.39 is 0 Å².